The van der Waals surface area contributed by atoms with Gasteiger partial charge in [-0.15, -0.1) is 11.8 Å². The lowest BCUT2D eigenvalue weighted by atomic mass is 10.3. The summed E-state index contributed by atoms with van der Waals surface area (Å²) in [4.78, 5) is 2.40. The Balaban J connectivity index is 3.12. The molecule has 0 aliphatic rings. The van der Waals surface area contributed by atoms with Gasteiger partial charge in [0.25, 0.3) is 0 Å². The average molecular weight is 374 g/mol. The van der Waals surface area contributed by atoms with Crippen LogP contribution in [0.2, 0.25) is 5.02 Å². The van der Waals surface area contributed by atoms with Crippen molar-refractivity contribution in [1.29, 1.82) is 0 Å². The first-order valence-corrected chi connectivity index (χ1v) is 6.64. The second-order valence-corrected chi connectivity index (χ2v) is 5.32. The normalized spacial score (nSPS) is 13.7. The molecule has 0 bridgehead atoms. The summed E-state index contributed by atoms with van der Waals surface area (Å²) in [6.45, 7) is 0. The monoisotopic (exact) mass is 373 g/mol. The van der Waals surface area contributed by atoms with Gasteiger partial charge in [-0.05, 0) is 12.1 Å². The van der Waals surface area contributed by atoms with Gasteiger partial charge in [0, 0.05) is 4.90 Å². The predicted molar refractivity (Wildman–Crippen MR) is 67.2 cm³/mol. The zero-order valence-corrected chi connectivity index (χ0v) is 11.9. The third-order valence-corrected chi connectivity index (χ3v) is 3.54. The Morgan fingerprint density at radius 2 is 1.71 bits per heavy atom. The first-order valence-electron chi connectivity index (χ1n) is 4.90. The van der Waals surface area contributed by atoms with Gasteiger partial charge in [0.15, 0.2) is 0 Å². The Hall–Kier alpha value is -0.670. The maximum Gasteiger partial charge on any atom is 0.444 e. The van der Waals surface area contributed by atoms with Crippen LogP contribution in [-0.2, 0) is 0 Å². The molecule has 0 saturated heterocycles. The van der Waals surface area contributed by atoms with Crippen molar-refractivity contribution in [2.24, 2.45) is 4.99 Å². The predicted octanol–water partition coefficient (Wildman–Crippen LogP) is 5.96. The highest BCUT2D eigenvalue weighted by molar-refractivity contribution is 7.99. The van der Waals surface area contributed by atoms with E-state index < -0.39 is 44.7 Å². The van der Waals surface area contributed by atoms with Crippen molar-refractivity contribution in [3.8, 4) is 0 Å². The van der Waals surface area contributed by atoms with E-state index in [0.29, 0.717) is 12.1 Å². The van der Waals surface area contributed by atoms with Gasteiger partial charge in [-0.1, -0.05) is 23.2 Å². The smallest absolute Gasteiger partial charge is 0.231 e. The highest BCUT2D eigenvalue weighted by atomic mass is 35.5. The SMILES string of the molecule is Fc1cc(Cl)c(N=C(Cl)C(F)(F)F)cc1SCC(F)(F)F. The fourth-order valence-corrected chi connectivity index (χ4v) is 2.04. The molecule has 0 saturated carbocycles. The van der Waals surface area contributed by atoms with Crippen LogP contribution in [0, 0.1) is 5.82 Å². The molecule has 0 aromatic heterocycles. The van der Waals surface area contributed by atoms with Gasteiger partial charge in [-0.3, -0.25) is 0 Å². The van der Waals surface area contributed by atoms with E-state index in [-0.39, 0.29) is 11.8 Å². The molecule has 0 N–H and O–H groups in total. The minimum Gasteiger partial charge on any atom is -0.231 e. The molecule has 0 fully saturated rings. The lowest BCUT2D eigenvalue weighted by Gasteiger charge is -2.09. The van der Waals surface area contributed by atoms with E-state index in [4.69, 9.17) is 23.2 Å². The molecule has 1 aromatic carbocycles. The number of thioether (sulfide) groups is 1. The molecular weight excluding hydrogens is 370 g/mol. The summed E-state index contributed by atoms with van der Waals surface area (Å²) in [5, 5.41) is -2.28. The van der Waals surface area contributed by atoms with Crippen LogP contribution in [0.1, 0.15) is 0 Å². The van der Waals surface area contributed by atoms with E-state index in [1.807, 2.05) is 0 Å². The lowest BCUT2D eigenvalue weighted by molar-refractivity contribution is -0.105. The van der Waals surface area contributed by atoms with Crippen LogP contribution in [0.3, 0.4) is 0 Å². The van der Waals surface area contributed by atoms with Crippen molar-refractivity contribution in [2.45, 2.75) is 17.2 Å². The van der Waals surface area contributed by atoms with Crippen LogP contribution < -0.4 is 0 Å². The van der Waals surface area contributed by atoms with Gasteiger partial charge < -0.3 is 0 Å². The first-order chi connectivity index (χ1) is 9.40. The van der Waals surface area contributed by atoms with Gasteiger partial charge in [0.1, 0.15) is 5.82 Å². The second kappa shape index (κ2) is 6.62. The van der Waals surface area contributed by atoms with Crippen molar-refractivity contribution in [3.63, 3.8) is 0 Å². The molecule has 0 amide bonds. The van der Waals surface area contributed by atoms with Crippen molar-refractivity contribution < 1.29 is 30.7 Å². The summed E-state index contributed by atoms with van der Waals surface area (Å²) in [7, 11) is 0. The Morgan fingerprint density at radius 1 is 1.14 bits per heavy atom. The van der Waals surface area contributed by atoms with E-state index in [0.717, 1.165) is 0 Å². The number of aliphatic imine (C=N–C) groups is 1. The Kier molecular flexibility index (Phi) is 5.79. The van der Waals surface area contributed by atoms with E-state index in [2.05, 4.69) is 4.99 Å². The fraction of sp³-hybridized carbons (Fsp3) is 0.300. The van der Waals surface area contributed by atoms with Gasteiger partial charge >= 0.3 is 12.4 Å². The minimum atomic E-state index is -4.95. The Bertz CT molecular complexity index is 554. The quantitative estimate of drug-likeness (QED) is 0.361. The number of hydrogen-bond donors (Lipinski definition) is 0. The number of rotatable bonds is 3. The van der Waals surface area contributed by atoms with Crippen molar-refractivity contribution in [2.75, 3.05) is 5.75 Å². The van der Waals surface area contributed by atoms with E-state index in [1.165, 1.54) is 0 Å². The molecule has 1 aromatic rings. The summed E-state index contributed by atoms with van der Waals surface area (Å²) >= 11 is 10.4. The van der Waals surface area contributed by atoms with Crippen LogP contribution in [-0.4, -0.2) is 23.3 Å². The fourth-order valence-electron chi connectivity index (χ4n) is 1.04. The lowest BCUT2D eigenvalue weighted by Crippen LogP contribution is -2.16. The summed E-state index contributed by atoms with van der Waals surface area (Å²) in [5.41, 5.74) is -0.579. The minimum absolute atomic E-state index is 0.0592. The third kappa shape index (κ3) is 5.91. The molecule has 0 atom stereocenters. The van der Waals surface area contributed by atoms with Crippen LogP contribution in [0.4, 0.5) is 36.4 Å². The maximum absolute atomic E-state index is 13.4. The molecular formula is C10H4Cl2F7NS. The number of nitrogens with zero attached hydrogens (tertiary/aromatic N) is 1. The molecule has 21 heavy (non-hydrogen) atoms. The Morgan fingerprint density at radius 3 is 2.19 bits per heavy atom. The standard InChI is InChI=1S/C10H4Cl2F7NS/c11-4-1-5(13)7(21-3-9(14,15)16)2-6(4)20-8(12)10(17,18)19/h1-2H,3H2. The van der Waals surface area contributed by atoms with Crippen LogP contribution >= 0.6 is 35.0 Å². The zero-order chi connectivity index (χ0) is 16.4. The number of alkyl halides is 6. The van der Waals surface area contributed by atoms with Gasteiger partial charge in [0.2, 0.25) is 5.17 Å². The number of hydrogen-bond acceptors (Lipinski definition) is 2. The summed E-state index contributed by atoms with van der Waals surface area (Å²) < 4.78 is 86.2. The van der Waals surface area contributed by atoms with Crippen LogP contribution in [0.25, 0.3) is 0 Å². The highest BCUT2D eigenvalue weighted by Gasteiger charge is 2.35. The molecule has 11 heteroatoms. The van der Waals surface area contributed by atoms with Gasteiger partial charge in [-0.25, -0.2) is 9.38 Å². The topological polar surface area (TPSA) is 12.4 Å². The summed E-state index contributed by atoms with van der Waals surface area (Å²) in [6, 6.07) is 1.24. The Labute approximate surface area is 128 Å². The van der Waals surface area contributed by atoms with E-state index in [1.54, 1.807) is 0 Å². The first kappa shape index (κ1) is 18.4. The van der Waals surface area contributed by atoms with Crippen LogP contribution in [0.15, 0.2) is 22.0 Å². The largest absolute Gasteiger partial charge is 0.444 e. The molecule has 1 rings (SSSR count). The average Bonchev–Trinajstić information content (AvgIpc) is 2.28. The van der Waals surface area contributed by atoms with E-state index in [9.17, 15) is 30.7 Å². The van der Waals surface area contributed by atoms with Crippen molar-refractivity contribution in [3.05, 3.63) is 23.0 Å². The molecule has 118 valence electrons. The summed E-state index contributed by atoms with van der Waals surface area (Å²) in [6.07, 6.45) is -9.51. The molecule has 0 radical (unpaired) electrons. The highest BCUT2D eigenvalue weighted by Crippen LogP contribution is 2.36. The molecule has 0 unspecified atom stereocenters. The third-order valence-electron chi connectivity index (χ3n) is 1.85. The molecule has 0 aliphatic carbocycles. The summed E-state index contributed by atoms with van der Waals surface area (Å²) in [5.74, 6) is -2.52. The van der Waals surface area contributed by atoms with E-state index >= 15 is 0 Å². The second-order valence-electron chi connectivity index (χ2n) is 3.54. The molecule has 1 nitrogen and oxygen atoms in total. The molecule has 0 aliphatic heterocycles. The van der Waals surface area contributed by atoms with Crippen molar-refractivity contribution in [1.82, 2.24) is 0 Å². The zero-order valence-electron chi connectivity index (χ0n) is 9.62. The molecule has 0 spiro atoms. The number of benzene rings is 1. The molecule has 0 heterocycles. The number of halogens is 9. The maximum atomic E-state index is 13.4. The van der Waals surface area contributed by atoms with Crippen molar-refractivity contribution >= 4 is 45.8 Å². The van der Waals surface area contributed by atoms with Gasteiger partial charge in [0.05, 0.1) is 16.5 Å². The van der Waals surface area contributed by atoms with Gasteiger partial charge in [-0.2, -0.15) is 26.3 Å². The van der Waals surface area contributed by atoms with Crippen LogP contribution in [0.5, 0.6) is 0 Å².